The second kappa shape index (κ2) is 4.53. The maximum Gasteiger partial charge on any atom is 0.0724 e. The van der Waals surface area contributed by atoms with Crippen molar-refractivity contribution in [3.05, 3.63) is 46.2 Å². The first-order chi connectivity index (χ1) is 7.31. The lowest BCUT2D eigenvalue weighted by molar-refractivity contribution is 1.30. The second-order valence-electron chi connectivity index (χ2n) is 3.04. The van der Waals surface area contributed by atoms with Gasteiger partial charge in [-0.3, -0.25) is 9.98 Å². The minimum Gasteiger partial charge on any atom is -0.264 e. The summed E-state index contributed by atoms with van der Waals surface area (Å²) in [5, 5.41) is 0. The molecule has 2 nitrogen and oxygen atoms in total. The highest BCUT2D eigenvalue weighted by Gasteiger charge is 2.03. The molecule has 1 aromatic carbocycles. The Morgan fingerprint density at radius 1 is 1.13 bits per heavy atom. The van der Waals surface area contributed by atoms with E-state index in [9.17, 15) is 0 Å². The second-order valence-corrected chi connectivity index (χ2v) is 4.28. The van der Waals surface area contributed by atoms with Gasteiger partial charge in [-0.15, -0.1) is 0 Å². The minimum absolute atomic E-state index is 0.867. The molecular formula is C12H9IN2. The van der Waals surface area contributed by atoms with Crippen LogP contribution in [0.25, 0.3) is 11.3 Å². The molecule has 0 bridgehead atoms. The molecule has 15 heavy (non-hydrogen) atoms. The molecular weight excluding hydrogens is 299 g/mol. The summed E-state index contributed by atoms with van der Waals surface area (Å²) in [4.78, 5) is 8.34. The van der Waals surface area contributed by atoms with E-state index in [2.05, 4.69) is 39.3 Å². The first-order valence-corrected chi connectivity index (χ1v) is 5.57. The van der Waals surface area contributed by atoms with E-state index in [-0.39, 0.29) is 0 Å². The molecule has 0 atom stereocenters. The van der Waals surface area contributed by atoms with Crippen molar-refractivity contribution >= 4 is 35.0 Å². The summed E-state index contributed by atoms with van der Waals surface area (Å²) in [6.45, 7) is 3.56. The number of pyridine rings is 1. The molecule has 0 aliphatic heterocycles. The average molecular weight is 308 g/mol. The highest BCUT2D eigenvalue weighted by atomic mass is 127. The lowest BCUT2D eigenvalue weighted by Gasteiger charge is -2.03. The first-order valence-electron chi connectivity index (χ1n) is 4.49. The first kappa shape index (κ1) is 10.3. The molecule has 0 aliphatic carbocycles. The van der Waals surface area contributed by atoms with E-state index >= 15 is 0 Å². The van der Waals surface area contributed by atoms with Crippen LogP contribution in [-0.4, -0.2) is 11.7 Å². The van der Waals surface area contributed by atoms with Crippen LogP contribution in [0.2, 0.25) is 0 Å². The molecule has 0 saturated carbocycles. The number of nitrogens with zero attached hydrogens (tertiary/aromatic N) is 2. The molecule has 0 fully saturated rings. The van der Waals surface area contributed by atoms with Gasteiger partial charge < -0.3 is 0 Å². The number of hydrogen-bond donors (Lipinski definition) is 0. The van der Waals surface area contributed by atoms with Crippen molar-refractivity contribution in [3.63, 3.8) is 0 Å². The normalized spacial score (nSPS) is 9.93. The third kappa shape index (κ3) is 2.23. The standard InChI is InChI=1S/C12H9IN2/c1-14-11-5-3-2-4-10(11)12-7-6-9(13)8-15-12/h2-8H,1H2. The number of aromatic nitrogens is 1. The minimum atomic E-state index is 0.867. The molecule has 1 heterocycles. The van der Waals surface area contributed by atoms with Crippen molar-refractivity contribution in [2.24, 2.45) is 4.99 Å². The fraction of sp³-hybridized carbons (Fsp3) is 0. The van der Waals surface area contributed by atoms with Gasteiger partial charge in [-0.25, -0.2) is 0 Å². The Labute approximate surface area is 102 Å². The summed E-state index contributed by atoms with van der Waals surface area (Å²) in [5.41, 5.74) is 2.81. The zero-order chi connectivity index (χ0) is 10.7. The number of para-hydroxylation sites is 1. The Bertz CT molecular complexity index is 477. The highest BCUT2D eigenvalue weighted by Crippen LogP contribution is 2.28. The quantitative estimate of drug-likeness (QED) is 0.613. The topological polar surface area (TPSA) is 25.2 Å². The van der Waals surface area contributed by atoms with Gasteiger partial charge in [0.05, 0.1) is 11.4 Å². The third-order valence-electron chi connectivity index (χ3n) is 2.08. The summed E-state index contributed by atoms with van der Waals surface area (Å²) in [7, 11) is 0. The zero-order valence-electron chi connectivity index (χ0n) is 8.02. The van der Waals surface area contributed by atoms with E-state index in [0.717, 1.165) is 20.5 Å². The molecule has 0 N–H and O–H groups in total. The predicted octanol–water partition coefficient (Wildman–Crippen LogP) is 3.69. The molecule has 0 amide bonds. The highest BCUT2D eigenvalue weighted by molar-refractivity contribution is 14.1. The van der Waals surface area contributed by atoms with Crippen LogP contribution in [0.1, 0.15) is 0 Å². The van der Waals surface area contributed by atoms with Crippen LogP contribution >= 0.6 is 22.6 Å². The van der Waals surface area contributed by atoms with Crippen LogP contribution in [0.3, 0.4) is 0 Å². The van der Waals surface area contributed by atoms with Gasteiger partial charge in [-0.2, -0.15) is 0 Å². The number of benzene rings is 1. The number of hydrogen-bond acceptors (Lipinski definition) is 2. The molecule has 0 saturated heterocycles. The lowest BCUT2D eigenvalue weighted by Crippen LogP contribution is -1.84. The van der Waals surface area contributed by atoms with Gasteiger partial charge in [-0.1, -0.05) is 18.2 Å². The fourth-order valence-corrected chi connectivity index (χ4v) is 1.68. The smallest absolute Gasteiger partial charge is 0.0724 e. The molecule has 74 valence electrons. The van der Waals surface area contributed by atoms with Crippen LogP contribution in [0.4, 0.5) is 5.69 Å². The van der Waals surface area contributed by atoms with Crippen molar-refractivity contribution < 1.29 is 0 Å². The molecule has 0 unspecified atom stereocenters. The Hall–Kier alpha value is -1.23. The van der Waals surface area contributed by atoms with Crippen molar-refractivity contribution in [2.75, 3.05) is 0 Å². The van der Waals surface area contributed by atoms with Crippen LogP contribution in [0.5, 0.6) is 0 Å². The van der Waals surface area contributed by atoms with Gasteiger partial charge in [-0.05, 0) is 47.5 Å². The molecule has 1 aromatic heterocycles. The Morgan fingerprint density at radius 2 is 1.93 bits per heavy atom. The lowest BCUT2D eigenvalue weighted by atomic mass is 10.1. The number of rotatable bonds is 2. The van der Waals surface area contributed by atoms with E-state index in [1.807, 2.05) is 42.6 Å². The molecule has 0 spiro atoms. The van der Waals surface area contributed by atoms with Crippen molar-refractivity contribution in [2.45, 2.75) is 0 Å². The molecule has 3 heteroatoms. The van der Waals surface area contributed by atoms with Gasteiger partial charge in [0.25, 0.3) is 0 Å². The van der Waals surface area contributed by atoms with E-state index in [1.165, 1.54) is 0 Å². The Morgan fingerprint density at radius 3 is 2.60 bits per heavy atom. The molecule has 2 rings (SSSR count). The van der Waals surface area contributed by atoms with Crippen LogP contribution in [-0.2, 0) is 0 Å². The average Bonchev–Trinajstić information content (AvgIpc) is 2.30. The SMILES string of the molecule is C=Nc1ccccc1-c1ccc(I)cn1. The summed E-state index contributed by atoms with van der Waals surface area (Å²) < 4.78 is 1.13. The molecule has 0 aliphatic rings. The Balaban J connectivity index is 2.53. The number of aliphatic imine (C=N–C) groups is 1. The maximum absolute atomic E-state index is 4.36. The van der Waals surface area contributed by atoms with E-state index in [0.29, 0.717) is 0 Å². The van der Waals surface area contributed by atoms with Crippen LogP contribution in [0.15, 0.2) is 47.6 Å². The van der Waals surface area contributed by atoms with Crippen molar-refractivity contribution in [1.29, 1.82) is 0 Å². The largest absolute Gasteiger partial charge is 0.264 e. The van der Waals surface area contributed by atoms with E-state index in [1.54, 1.807) is 0 Å². The van der Waals surface area contributed by atoms with E-state index in [4.69, 9.17) is 0 Å². The van der Waals surface area contributed by atoms with E-state index < -0.39 is 0 Å². The fourth-order valence-electron chi connectivity index (χ4n) is 1.36. The van der Waals surface area contributed by atoms with Crippen LogP contribution < -0.4 is 0 Å². The van der Waals surface area contributed by atoms with Crippen molar-refractivity contribution in [1.82, 2.24) is 4.98 Å². The molecule has 0 radical (unpaired) electrons. The predicted molar refractivity (Wildman–Crippen MR) is 71.6 cm³/mol. The summed E-state index contributed by atoms with van der Waals surface area (Å²) in [5.74, 6) is 0. The Kier molecular flexibility index (Phi) is 3.11. The van der Waals surface area contributed by atoms with Crippen molar-refractivity contribution in [3.8, 4) is 11.3 Å². The zero-order valence-corrected chi connectivity index (χ0v) is 10.2. The molecule has 2 aromatic rings. The van der Waals surface area contributed by atoms with Gasteiger partial charge in [0, 0.05) is 15.3 Å². The third-order valence-corrected chi connectivity index (χ3v) is 2.72. The van der Waals surface area contributed by atoms with Gasteiger partial charge >= 0.3 is 0 Å². The van der Waals surface area contributed by atoms with Gasteiger partial charge in [0.15, 0.2) is 0 Å². The monoisotopic (exact) mass is 308 g/mol. The summed E-state index contributed by atoms with van der Waals surface area (Å²) >= 11 is 2.24. The van der Waals surface area contributed by atoms with Gasteiger partial charge in [0.1, 0.15) is 0 Å². The summed E-state index contributed by atoms with van der Waals surface area (Å²) in [6, 6.07) is 11.9. The number of halogens is 1. The van der Waals surface area contributed by atoms with Gasteiger partial charge in [0.2, 0.25) is 0 Å². The maximum atomic E-state index is 4.36. The summed E-state index contributed by atoms with van der Waals surface area (Å²) in [6.07, 6.45) is 1.84. The van der Waals surface area contributed by atoms with Crippen LogP contribution in [0, 0.1) is 3.57 Å².